The highest BCUT2D eigenvalue weighted by atomic mass is 32.2. The highest BCUT2D eigenvalue weighted by Gasteiger charge is 2.29. The second-order valence-corrected chi connectivity index (χ2v) is 7.90. The van der Waals surface area contributed by atoms with E-state index in [1.807, 2.05) is 0 Å². The van der Waals surface area contributed by atoms with Crippen molar-refractivity contribution in [3.05, 3.63) is 35.1 Å². The molecule has 0 atom stereocenters. The Labute approximate surface area is 117 Å². The van der Waals surface area contributed by atoms with Crippen molar-refractivity contribution in [3.8, 4) is 0 Å². The molecular formula is C13H18FNO4S. The monoisotopic (exact) mass is 303 g/mol. The Morgan fingerprint density at radius 2 is 2.00 bits per heavy atom. The molecule has 112 valence electrons. The van der Waals surface area contributed by atoms with Gasteiger partial charge in [-0.05, 0) is 32.0 Å². The zero-order valence-electron chi connectivity index (χ0n) is 11.6. The molecule has 0 aliphatic rings. The largest absolute Gasteiger partial charge is 0.478 e. The molecule has 1 rings (SSSR count). The Morgan fingerprint density at radius 3 is 2.50 bits per heavy atom. The average Bonchev–Trinajstić information content (AvgIpc) is 2.29. The molecule has 0 saturated carbocycles. The minimum Gasteiger partial charge on any atom is -0.478 e. The predicted octanol–water partition coefficient (Wildman–Crippen LogP) is 1.44. The first kappa shape index (κ1) is 16.6. The average molecular weight is 303 g/mol. The number of nitrogens with one attached hydrogen (secondary N) is 1. The molecule has 0 spiro atoms. The predicted molar refractivity (Wildman–Crippen MR) is 74.0 cm³/mol. The van der Waals surface area contributed by atoms with Gasteiger partial charge in [0.15, 0.2) is 9.84 Å². The van der Waals surface area contributed by atoms with Gasteiger partial charge in [-0.15, -0.1) is 0 Å². The van der Waals surface area contributed by atoms with Gasteiger partial charge in [0.2, 0.25) is 0 Å². The van der Waals surface area contributed by atoms with Gasteiger partial charge >= 0.3 is 5.97 Å². The van der Waals surface area contributed by atoms with E-state index in [9.17, 15) is 17.6 Å². The van der Waals surface area contributed by atoms with Crippen LogP contribution in [-0.4, -0.2) is 37.0 Å². The topological polar surface area (TPSA) is 83.5 Å². The molecule has 0 aliphatic heterocycles. The fourth-order valence-electron chi connectivity index (χ4n) is 1.47. The summed E-state index contributed by atoms with van der Waals surface area (Å²) in [6, 6.07) is 3.50. The fourth-order valence-corrected chi connectivity index (χ4v) is 1.84. The van der Waals surface area contributed by atoms with Gasteiger partial charge in [-0.1, -0.05) is 0 Å². The van der Waals surface area contributed by atoms with Crippen LogP contribution in [0.3, 0.4) is 0 Å². The van der Waals surface area contributed by atoms with Gasteiger partial charge in [0.1, 0.15) is 5.82 Å². The van der Waals surface area contributed by atoms with Crippen LogP contribution >= 0.6 is 0 Å². The van der Waals surface area contributed by atoms with E-state index in [4.69, 9.17) is 5.11 Å². The van der Waals surface area contributed by atoms with Crippen molar-refractivity contribution in [3.63, 3.8) is 0 Å². The molecule has 0 saturated heterocycles. The lowest BCUT2D eigenvalue weighted by Crippen LogP contribution is -2.41. The van der Waals surface area contributed by atoms with Gasteiger partial charge < -0.3 is 10.4 Å². The minimum atomic E-state index is -3.24. The van der Waals surface area contributed by atoms with Crippen LogP contribution < -0.4 is 5.32 Å². The summed E-state index contributed by atoms with van der Waals surface area (Å²) in [7, 11) is -3.24. The van der Waals surface area contributed by atoms with Crippen molar-refractivity contribution in [2.75, 3.05) is 12.8 Å². The maximum absolute atomic E-state index is 13.5. The molecule has 0 unspecified atom stereocenters. The van der Waals surface area contributed by atoms with Gasteiger partial charge in [0.05, 0.1) is 10.3 Å². The summed E-state index contributed by atoms with van der Waals surface area (Å²) in [5, 5.41) is 11.7. The zero-order chi connectivity index (χ0) is 15.6. The van der Waals surface area contributed by atoms with Crippen LogP contribution in [0.5, 0.6) is 0 Å². The number of benzene rings is 1. The van der Waals surface area contributed by atoms with Crippen LogP contribution in [0.25, 0.3) is 0 Å². The zero-order valence-corrected chi connectivity index (χ0v) is 12.4. The normalized spacial score (nSPS) is 12.4. The maximum atomic E-state index is 13.5. The molecule has 0 heterocycles. The number of halogens is 1. The molecule has 0 radical (unpaired) electrons. The van der Waals surface area contributed by atoms with Crippen LogP contribution in [0.4, 0.5) is 4.39 Å². The third-order valence-electron chi connectivity index (χ3n) is 3.16. The second kappa shape index (κ2) is 5.88. The Balaban J connectivity index is 2.76. The van der Waals surface area contributed by atoms with Gasteiger partial charge in [-0.3, -0.25) is 0 Å². The first-order valence-electron chi connectivity index (χ1n) is 5.96. The molecule has 5 nitrogen and oxygen atoms in total. The Kier molecular flexibility index (Phi) is 4.88. The molecule has 1 aromatic rings. The Hall–Kier alpha value is -1.47. The molecule has 20 heavy (non-hydrogen) atoms. The molecule has 0 aromatic heterocycles. The maximum Gasteiger partial charge on any atom is 0.335 e. The van der Waals surface area contributed by atoms with E-state index in [0.29, 0.717) is 0 Å². The van der Waals surface area contributed by atoms with Crippen molar-refractivity contribution in [2.24, 2.45) is 0 Å². The quantitative estimate of drug-likeness (QED) is 0.831. The second-order valence-electron chi connectivity index (χ2n) is 5.25. The number of carbonyl (C=O) groups is 1. The summed E-state index contributed by atoms with van der Waals surface area (Å²) in [6.45, 7) is 3.34. The van der Waals surface area contributed by atoms with Crippen LogP contribution in [0.2, 0.25) is 0 Å². The summed E-state index contributed by atoms with van der Waals surface area (Å²) in [5.41, 5.74) is 0.180. The molecule has 1 aromatic carbocycles. The number of carboxylic acids is 1. The summed E-state index contributed by atoms with van der Waals surface area (Å²) >= 11 is 0. The number of sulfone groups is 1. The van der Waals surface area contributed by atoms with E-state index in [1.165, 1.54) is 12.1 Å². The Morgan fingerprint density at radius 1 is 1.40 bits per heavy atom. The Bertz CT molecular complexity index is 611. The van der Waals surface area contributed by atoms with Gasteiger partial charge in [0.25, 0.3) is 0 Å². The van der Waals surface area contributed by atoms with Crippen molar-refractivity contribution in [2.45, 2.75) is 25.1 Å². The molecule has 0 bridgehead atoms. The third-order valence-corrected chi connectivity index (χ3v) is 5.31. The fraction of sp³-hybridized carbons (Fsp3) is 0.462. The molecule has 0 aliphatic carbocycles. The summed E-state index contributed by atoms with van der Waals surface area (Å²) < 4.78 is 35.6. The van der Waals surface area contributed by atoms with Crippen LogP contribution in [0.1, 0.15) is 29.8 Å². The molecule has 7 heteroatoms. The first-order valence-corrected chi connectivity index (χ1v) is 7.86. The van der Waals surface area contributed by atoms with Crippen LogP contribution in [-0.2, 0) is 16.4 Å². The molecular weight excluding hydrogens is 285 g/mol. The molecule has 2 N–H and O–H groups in total. The van der Waals surface area contributed by atoms with Crippen molar-refractivity contribution in [1.82, 2.24) is 5.32 Å². The third kappa shape index (κ3) is 4.01. The smallest absolute Gasteiger partial charge is 0.335 e. The van der Waals surface area contributed by atoms with Gasteiger partial charge in [-0.2, -0.15) is 0 Å². The lowest BCUT2D eigenvalue weighted by atomic mass is 10.1. The lowest BCUT2D eigenvalue weighted by Gasteiger charge is -2.23. The van der Waals surface area contributed by atoms with Crippen LogP contribution in [0, 0.1) is 5.82 Å². The van der Waals surface area contributed by atoms with E-state index in [0.717, 1.165) is 12.3 Å². The van der Waals surface area contributed by atoms with Gasteiger partial charge in [-0.25, -0.2) is 17.6 Å². The highest BCUT2D eigenvalue weighted by Crippen LogP contribution is 2.15. The molecule has 0 amide bonds. The summed E-state index contributed by atoms with van der Waals surface area (Å²) in [4.78, 5) is 10.8. The van der Waals surface area contributed by atoms with Crippen molar-refractivity contribution >= 4 is 15.8 Å². The molecule has 0 fully saturated rings. The van der Waals surface area contributed by atoms with E-state index in [1.54, 1.807) is 13.8 Å². The first-order chi connectivity index (χ1) is 9.04. The number of aromatic carboxylic acids is 1. The van der Waals surface area contributed by atoms with Crippen molar-refractivity contribution in [1.29, 1.82) is 0 Å². The minimum absolute atomic E-state index is 0.00873. The van der Waals surface area contributed by atoms with Crippen molar-refractivity contribution < 1.29 is 22.7 Å². The van der Waals surface area contributed by atoms with Crippen LogP contribution in [0.15, 0.2) is 18.2 Å². The number of rotatable bonds is 6. The number of hydrogen-bond donors (Lipinski definition) is 2. The standard InChI is InChI=1S/C13H18FNO4S/c1-13(2,20(3,18)19)8-15-7-10-6-9(12(16)17)4-5-11(10)14/h4-6,15H,7-8H2,1-3H3,(H,16,17). The highest BCUT2D eigenvalue weighted by molar-refractivity contribution is 7.92. The summed E-state index contributed by atoms with van der Waals surface area (Å²) in [6.07, 6.45) is 1.14. The number of carboxylic acid groups (broad SMARTS) is 1. The van der Waals surface area contributed by atoms with E-state index >= 15 is 0 Å². The van der Waals surface area contributed by atoms with Gasteiger partial charge in [0, 0.05) is 24.9 Å². The SMILES string of the molecule is CC(C)(CNCc1cc(C(=O)O)ccc1F)S(C)(=O)=O. The van der Waals surface area contributed by atoms with E-state index in [-0.39, 0.29) is 24.2 Å². The van der Waals surface area contributed by atoms with E-state index < -0.39 is 26.4 Å². The van der Waals surface area contributed by atoms with E-state index in [2.05, 4.69) is 5.32 Å². The summed E-state index contributed by atoms with van der Waals surface area (Å²) in [5.74, 6) is -1.66. The number of hydrogen-bond acceptors (Lipinski definition) is 4. The lowest BCUT2D eigenvalue weighted by molar-refractivity contribution is 0.0696.